The van der Waals surface area contributed by atoms with Gasteiger partial charge in [-0.2, -0.15) is 0 Å². The summed E-state index contributed by atoms with van der Waals surface area (Å²) in [5.41, 5.74) is 0.492. The second-order valence-corrected chi connectivity index (χ2v) is 4.96. The van der Waals surface area contributed by atoms with Crippen molar-refractivity contribution in [2.24, 2.45) is 5.92 Å². The van der Waals surface area contributed by atoms with Crippen LogP contribution in [0.1, 0.15) is 37.0 Å². The summed E-state index contributed by atoms with van der Waals surface area (Å²) in [6, 6.07) is 6.82. The summed E-state index contributed by atoms with van der Waals surface area (Å²) >= 11 is 0. The van der Waals surface area contributed by atoms with Crippen molar-refractivity contribution >= 4 is 11.9 Å². The van der Waals surface area contributed by atoms with Crippen molar-refractivity contribution in [2.45, 2.75) is 26.7 Å². The molecular weight excluding hydrogens is 265 g/mol. The van der Waals surface area contributed by atoms with Crippen LogP contribution in [-0.2, 0) is 4.79 Å². The number of rotatable bonds is 8. The van der Waals surface area contributed by atoms with Crippen molar-refractivity contribution in [3.63, 3.8) is 0 Å². The molecule has 2 N–H and O–H groups in total. The topological polar surface area (TPSA) is 75.6 Å². The van der Waals surface area contributed by atoms with Crippen LogP contribution >= 0.6 is 0 Å². The van der Waals surface area contributed by atoms with Crippen molar-refractivity contribution in [1.82, 2.24) is 5.32 Å². The van der Waals surface area contributed by atoms with Gasteiger partial charge in [-0.3, -0.25) is 9.59 Å². The van der Waals surface area contributed by atoms with Gasteiger partial charge in [-0.05, 0) is 36.6 Å². The van der Waals surface area contributed by atoms with E-state index < -0.39 is 5.97 Å². The normalized spacial score (nSPS) is 9.86. The number of nitrogens with one attached hydrogen (secondary N) is 1. The zero-order valence-corrected chi connectivity index (χ0v) is 12.9. The Bertz CT molecular complexity index is 445. The van der Waals surface area contributed by atoms with Crippen LogP contribution in [0.5, 0.6) is 5.75 Å². The van der Waals surface area contributed by atoms with E-state index in [-0.39, 0.29) is 37.7 Å². The van der Waals surface area contributed by atoms with Gasteiger partial charge in [-0.25, -0.2) is 0 Å². The standard InChI is InChI=1S/C15H21NO4.Li/c1-11(2)8-10-20-13-5-3-12(4-6-13)15(19)16-9-7-14(17)18;/h3-6,11H,7-10H2,1-2H3,(H,16,19)(H,17,18);/q;+1. The Balaban J connectivity index is 0.00000400. The molecule has 0 aliphatic rings. The van der Waals surface area contributed by atoms with Gasteiger partial charge in [0.25, 0.3) is 5.91 Å². The van der Waals surface area contributed by atoms with Crippen LogP contribution < -0.4 is 28.9 Å². The smallest absolute Gasteiger partial charge is 0.494 e. The molecule has 110 valence electrons. The SMILES string of the molecule is CC(C)CCOc1ccc(C(=O)NCCC(=O)O)cc1.[Li+]. The van der Waals surface area contributed by atoms with Crippen LogP contribution in [-0.4, -0.2) is 30.1 Å². The largest absolute Gasteiger partial charge is 1.00 e. The maximum atomic E-state index is 11.7. The van der Waals surface area contributed by atoms with Crippen molar-refractivity contribution < 1.29 is 38.3 Å². The summed E-state index contributed by atoms with van der Waals surface area (Å²) in [6.07, 6.45) is 0.902. The van der Waals surface area contributed by atoms with Crippen LogP contribution in [0.4, 0.5) is 0 Å². The van der Waals surface area contributed by atoms with Gasteiger partial charge in [0.05, 0.1) is 13.0 Å². The molecule has 0 atom stereocenters. The predicted octanol–water partition coefficient (Wildman–Crippen LogP) is -0.680. The number of carbonyl (C=O) groups excluding carboxylic acids is 1. The molecule has 0 aliphatic heterocycles. The van der Waals surface area contributed by atoms with Gasteiger partial charge in [0.1, 0.15) is 5.75 Å². The van der Waals surface area contributed by atoms with E-state index in [0.29, 0.717) is 18.1 Å². The Hall–Kier alpha value is -1.44. The number of carboxylic acid groups (broad SMARTS) is 1. The fraction of sp³-hybridized carbons (Fsp3) is 0.467. The number of carbonyl (C=O) groups is 2. The minimum atomic E-state index is -0.931. The van der Waals surface area contributed by atoms with Gasteiger partial charge >= 0.3 is 24.8 Å². The molecule has 0 unspecified atom stereocenters. The molecule has 5 nitrogen and oxygen atoms in total. The number of aliphatic carboxylic acids is 1. The fourth-order valence-electron chi connectivity index (χ4n) is 1.50. The number of carboxylic acids is 1. The molecule has 1 rings (SSSR count). The molecule has 0 bridgehead atoms. The van der Waals surface area contributed by atoms with Crippen molar-refractivity contribution in [2.75, 3.05) is 13.2 Å². The number of hydrogen-bond acceptors (Lipinski definition) is 3. The third-order valence-corrected chi connectivity index (χ3v) is 2.70. The van der Waals surface area contributed by atoms with Crippen LogP contribution in [0.3, 0.4) is 0 Å². The van der Waals surface area contributed by atoms with Crippen molar-refractivity contribution in [3.8, 4) is 5.75 Å². The Morgan fingerprint density at radius 2 is 1.86 bits per heavy atom. The summed E-state index contributed by atoms with van der Waals surface area (Å²) in [5.74, 6) is 0.112. The quantitative estimate of drug-likeness (QED) is 0.621. The van der Waals surface area contributed by atoms with Gasteiger partial charge in [-0.1, -0.05) is 13.8 Å². The Labute approximate surface area is 137 Å². The molecule has 0 aliphatic carbocycles. The van der Waals surface area contributed by atoms with Gasteiger partial charge in [0, 0.05) is 12.1 Å². The number of amides is 1. The van der Waals surface area contributed by atoms with E-state index >= 15 is 0 Å². The minimum absolute atomic E-state index is 0. The zero-order valence-electron chi connectivity index (χ0n) is 12.9. The molecule has 6 heteroatoms. The second kappa shape index (κ2) is 10.3. The van der Waals surface area contributed by atoms with E-state index in [9.17, 15) is 9.59 Å². The third kappa shape index (κ3) is 8.44. The van der Waals surface area contributed by atoms with Crippen LogP contribution in [0.15, 0.2) is 24.3 Å². The molecule has 0 heterocycles. The summed E-state index contributed by atoms with van der Waals surface area (Å²) in [5, 5.41) is 11.0. The maximum Gasteiger partial charge on any atom is 1.00 e. The van der Waals surface area contributed by atoms with Gasteiger partial charge < -0.3 is 15.2 Å². The molecular formula is C15H21LiNO4+. The first-order chi connectivity index (χ1) is 9.49. The molecule has 1 aromatic rings. The molecule has 0 fully saturated rings. The molecule has 1 aromatic carbocycles. The van der Waals surface area contributed by atoms with Crippen molar-refractivity contribution in [1.29, 1.82) is 0 Å². The first-order valence-electron chi connectivity index (χ1n) is 6.72. The third-order valence-electron chi connectivity index (χ3n) is 2.70. The van der Waals surface area contributed by atoms with E-state index in [2.05, 4.69) is 19.2 Å². The fourth-order valence-corrected chi connectivity index (χ4v) is 1.50. The van der Waals surface area contributed by atoms with Gasteiger partial charge in [-0.15, -0.1) is 0 Å². The number of hydrogen-bond donors (Lipinski definition) is 2. The van der Waals surface area contributed by atoms with E-state index in [4.69, 9.17) is 9.84 Å². The summed E-state index contributed by atoms with van der Waals surface area (Å²) in [7, 11) is 0. The first-order valence-corrected chi connectivity index (χ1v) is 6.72. The Kier molecular flexibility index (Phi) is 9.60. The molecule has 0 radical (unpaired) electrons. The molecule has 1 amide bonds. The Morgan fingerprint density at radius 3 is 2.38 bits per heavy atom. The maximum absolute atomic E-state index is 11.7. The van der Waals surface area contributed by atoms with Crippen molar-refractivity contribution in [3.05, 3.63) is 29.8 Å². The average Bonchev–Trinajstić information content (AvgIpc) is 2.38. The van der Waals surface area contributed by atoms with E-state index in [1.807, 2.05) is 0 Å². The average molecular weight is 286 g/mol. The number of benzene rings is 1. The van der Waals surface area contributed by atoms with Crippen LogP contribution in [0.2, 0.25) is 0 Å². The van der Waals surface area contributed by atoms with Crippen LogP contribution in [0, 0.1) is 5.92 Å². The summed E-state index contributed by atoms with van der Waals surface area (Å²) in [4.78, 5) is 22.0. The van der Waals surface area contributed by atoms with Crippen LogP contribution in [0.25, 0.3) is 0 Å². The van der Waals surface area contributed by atoms with E-state index in [1.54, 1.807) is 24.3 Å². The minimum Gasteiger partial charge on any atom is -0.494 e. The predicted molar refractivity (Wildman–Crippen MR) is 76.0 cm³/mol. The molecule has 0 saturated carbocycles. The number of ether oxygens (including phenoxy) is 1. The molecule has 0 spiro atoms. The van der Waals surface area contributed by atoms with E-state index in [0.717, 1.165) is 12.2 Å². The Morgan fingerprint density at radius 1 is 1.24 bits per heavy atom. The zero-order chi connectivity index (χ0) is 15.0. The van der Waals surface area contributed by atoms with Gasteiger partial charge in [0.15, 0.2) is 0 Å². The first kappa shape index (κ1) is 19.6. The van der Waals surface area contributed by atoms with Gasteiger partial charge in [0.2, 0.25) is 0 Å². The summed E-state index contributed by atoms with van der Waals surface area (Å²) < 4.78 is 5.55. The second-order valence-electron chi connectivity index (χ2n) is 4.96. The van der Waals surface area contributed by atoms with E-state index in [1.165, 1.54) is 0 Å². The molecule has 0 aromatic heterocycles. The summed E-state index contributed by atoms with van der Waals surface area (Å²) in [6.45, 7) is 5.05. The molecule has 21 heavy (non-hydrogen) atoms. The monoisotopic (exact) mass is 286 g/mol. The molecule has 0 saturated heterocycles.